The van der Waals surface area contributed by atoms with Crippen LogP contribution in [0.2, 0.25) is 0 Å². The summed E-state index contributed by atoms with van der Waals surface area (Å²) in [5.74, 6) is 3.06. The molecule has 1 saturated heterocycles. The Bertz CT molecular complexity index is 920. The van der Waals surface area contributed by atoms with Gasteiger partial charge in [-0.15, -0.1) is 0 Å². The zero-order valence-corrected chi connectivity index (χ0v) is 17.9. The minimum absolute atomic E-state index is 0.261. The van der Waals surface area contributed by atoms with Crippen LogP contribution >= 0.6 is 0 Å². The molecule has 0 aliphatic carbocycles. The highest BCUT2D eigenvalue weighted by molar-refractivity contribution is 5.80. The van der Waals surface area contributed by atoms with Crippen LogP contribution in [0.1, 0.15) is 49.0 Å². The number of carbonyl (C=O) groups is 1. The number of aliphatic imine (C=N–C) groups is 1. The number of hydrogen-bond acceptors (Lipinski definition) is 4. The number of aromatic nitrogens is 3. The second-order valence-electron chi connectivity index (χ2n) is 8.02. The normalized spacial score (nSPS) is 19.1. The Balaban J connectivity index is 1.30. The first-order valence-electron chi connectivity index (χ1n) is 10.9. The van der Waals surface area contributed by atoms with Crippen molar-refractivity contribution < 1.29 is 4.79 Å². The lowest BCUT2D eigenvalue weighted by Gasteiger charge is -2.25. The van der Waals surface area contributed by atoms with Gasteiger partial charge in [0.25, 0.3) is 0 Å². The van der Waals surface area contributed by atoms with Crippen molar-refractivity contribution in [2.75, 3.05) is 13.6 Å². The lowest BCUT2D eigenvalue weighted by Crippen LogP contribution is -2.46. The molecule has 1 fully saturated rings. The van der Waals surface area contributed by atoms with Crippen LogP contribution in [-0.4, -0.2) is 51.2 Å². The average molecular weight is 410 g/mol. The molecule has 1 aromatic carbocycles. The molecule has 1 atom stereocenters. The first kappa shape index (κ1) is 20.4. The van der Waals surface area contributed by atoms with Gasteiger partial charge in [0, 0.05) is 52.0 Å². The van der Waals surface area contributed by atoms with Gasteiger partial charge in [0.1, 0.15) is 5.82 Å². The highest BCUT2D eigenvalue weighted by Gasteiger charge is 2.22. The molecule has 0 radical (unpaired) electrons. The van der Waals surface area contributed by atoms with E-state index in [1.54, 1.807) is 7.05 Å². The zero-order valence-electron chi connectivity index (χ0n) is 17.9. The van der Waals surface area contributed by atoms with E-state index >= 15 is 0 Å². The van der Waals surface area contributed by atoms with Gasteiger partial charge in [0.15, 0.2) is 11.8 Å². The average Bonchev–Trinajstić information content (AvgIpc) is 3.36. The molecule has 0 bridgehead atoms. The van der Waals surface area contributed by atoms with E-state index in [2.05, 4.69) is 56.9 Å². The second kappa shape index (κ2) is 9.28. The number of amides is 1. The van der Waals surface area contributed by atoms with Gasteiger partial charge in [0.05, 0.1) is 6.54 Å². The number of guanidine groups is 1. The molecule has 1 unspecified atom stereocenters. The van der Waals surface area contributed by atoms with Crippen LogP contribution in [0.4, 0.5) is 0 Å². The van der Waals surface area contributed by atoms with Gasteiger partial charge < -0.3 is 15.5 Å². The summed E-state index contributed by atoms with van der Waals surface area (Å²) in [4.78, 5) is 22.8. The molecule has 0 saturated carbocycles. The van der Waals surface area contributed by atoms with E-state index < -0.39 is 0 Å². The maximum Gasteiger partial charge on any atom is 0.222 e. The Morgan fingerprint density at radius 2 is 2.17 bits per heavy atom. The maximum absolute atomic E-state index is 11.9. The molecule has 30 heavy (non-hydrogen) atoms. The van der Waals surface area contributed by atoms with Crippen molar-refractivity contribution in [2.45, 2.75) is 64.7 Å². The van der Waals surface area contributed by atoms with E-state index in [9.17, 15) is 4.79 Å². The molecule has 1 aromatic heterocycles. The Morgan fingerprint density at radius 3 is 2.93 bits per heavy atom. The fourth-order valence-corrected chi connectivity index (χ4v) is 4.13. The minimum Gasteiger partial charge on any atom is -0.352 e. The number of hydrogen-bond donors (Lipinski definition) is 2. The number of likely N-dealkylation sites (tertiary alicyclic amines) is 1. The topological polar surface area (TPSA) is 87.4 Å². The number of fused-ring (bicyclic) bond motifs is 1. The van der Waals surface area contributed by atoms with E-state index in [-0.39, 0.29) is 11.9 Å². The van der Waals surface area contributed by atoms with Gasteiger partial charge in [0.2, 0.25) is 5.91 Å². The molecule has 8 nitrogen and oxygen atoms in total. The third-order valence-electron chi connectivity index (χ3n) is 5.78. The summed E-state index contributed by atoms with van der Waals surface area (Å²) in [5, 5.41) is 11.5. The zero-order chi connectivity index (χ0) is 20.9. The van der Waals surface area contributed by atoms with Crippen LogP contribution in [0, 0.1) is 0 Å². The Kier molecular flexibility index (Phi) is 6.30. The van der Waals surface area contributed by atoms with E-state index in [1.165, 1.54) is 11.1 Å². The van der Waals surface area contributed by atoms with E-state index in [4.69, 9.17) is 0 Å². The first-order valence-corrected chi connectivity index (χ1v) is 10.9. The van der Waals surface area contributed by atoms with Crippen LogP contribution in [-0.2, 0) is 37.3 Å². The predicted molar refractivity (Wildman–Crippen MR) is 116 cm³/mol. The van der Waals surface area contributed by atoms with Gasteiger partial charge in [-0.3, -0.25) is 9.79 Å². The van der Waals surface area contributed by atoms with Crippen LogP contribution in [0.3, 0.4) is 0 Å². The van der Waals surface area contributed by atoms with Crippen LogP contribution < -0.4 is 10.6 Å². The number of nitrogens with zero attached hydrogens (tertiary/aromatic N) is 5. The summed E-state index contributed by atoms with van der Waals surface area (Å²) in [6.07, 6.45) is 4.46. The number of nitrogens with one attached hydrogen (secondary N) is 2. The van der Waals surface area contributed by atoms with Crippen LogP contribution in [0.5, 0.6) is 0 Å². The fraction of sp³-hybridized carbons (Fsp3) is 0.545. The molecule has 160 valence electrons. The first-order chi connectivity index (χ1) is 14.6. The van der Waals surface area contributed by atoms with Gasteiger partial charge in [-0.25, -0.2) is 9.67 Å². The van der Waals surface area contributed by atoms with Crippen LogP contribution in [0.25, 0.3) is 0 Å². The molecule has 2 aliphatic heterocycles. The molecule has 8 heteroatoms. The number of benzene rings is 1. The van der Waals surface area contributed by atoms with Crippen molar-refractivity contribution in [3.05, 3.63) is 47.0 Å². The third-order valence-corrected chi connectivity index (χ3v) is 5.78. The summed E-state index contributed by atoms with van der Waals surface area (Å²) in [6.45, 7) is 5.14. The smallest absolute Gasteiger partial charge is 0.222 e. The SMILES string of the molecule is CCc1nc2n(n1)CC(NC(=NC)NCc1cccc(CN3CCCC3=O)c1)CC2. The summed E-state index contributed by atoms with van der Waals surface area (Å²) in [5.41, 5.74) is 2.35. The molecular formula is C22H31N7O. The lowest BCUT2D eigenvalue weighted by atomic mass is 10.1. The van der Waals surface area contributed by atoms with Crippen molar-refractivity contribution in [3.63, 3.8) is 0 Å². The highest BCUT2D eigenvalue weighted by Crippen LogP contribution is 2.16. The van der Waals surface area contributed by atoms with E-state index in [0.29, 0.717) is 19.5 Å². The third kappa shape index (κ3) is 4.80. The molecule has 3 heterocycles. The molecule has 2 N–H and O–H groups in total. The van der Waals surface area contributed by atoms with Gasteiger partial charge in [-0.1, -0.05) is 31.2 Å². The maximum atomic E-state index is 11.9. The van der Waals surface area contributed by atoms with Crippen molar-refractivity contribution in [3.8, 4) is 0 Å². The predicted octanol–water partition coefficient (Wildman–Crippen LogP) is 1.64. The van der Waals surface area contributed by atoms with Crippen molar-refractivity contribution in [1.29, 1.82) is 0 Å². The molecule has 2 aromatic rings. The van der Waals surface area contributed by atoms with E-state index in [0.717, 1.165) is 56.4 Å². The summed E-state index contributed by atoms with van der Waals surface area (Å²) < 4.78 is 2.02. The standard InChI is InChI=1S/C22H31N7O/c1-3-19-26-20-10-9-18(15-29(20)27-19)25-22(23-2)24-13-16-6-4-7-17(12-16)14-28-11-5-8-21(28)30/h4,6-7,12,18H,3,5,8-11,13-15H2,1-2H3,(H2,23,24,25). The number of aryl methyl sites for hydroxylation is 2. The summed E-state index contributed by atoms with van der Waals surface area (Å²) >= 11 is 0. The quantitative estimate of drug-likeness (QED) is 0.560. The van der Waals surface area contributed by atoms with E-state index in [1.807, 2.05) is 9.58 Å². The van der Waals surface area contributed by atoms with Crippen molar-refractivity contribution in [2.24, 2.45) is 4.99 Å². The van der Waals surface area contributed by atoms with Gasteiger partial charge >= 0.3 is 0 Å². The van der Waals surface area contributed by atoms with Crippen molar-refractivity contribution >= 4 is 11.9 Å². The summed E-state index contributed by atoms with van der Waals surface area (Å²) in [7, 11) is 1.80. The molecule has 4 rings (SSSR count). The molecule has 1 amide bonds. The summed E-state index contributed by atoms with van der Waals surface area (Å²) in [6, 6.07) is 8.69. The Hall–Kier alpha value is -2.90. The highest BCUT2D eigenvalue weighted by atomic mass is 16.2. The van der Waals surface area contributed by atoms with Gasteiger partial charge in [-0.2, -0.15) is 5.10 Å². The van der Waals surface area contributed by atoms with Crippen LogP contribution in [0.15, 0.2) is 29.3 Å². The monoisotopic (exact) mass is 409 g/mol. The van der Waals surface area contributed by atoms with Gasteiger partial charge in [-0.05, 0) is 24.0 Å². The Morgan fingerprint density at radius 1 is 1.30 bits per heavy atom. The number of rotatable bonds is 6. The molecule has 0 spiro atoms. The molecular weight excluding hydrogens is 378 g/mol. The number of carbonyl (C=O) groups excluding carboxylic acids is 1. The minimum atomic E-state index is 0.261. The largest absolute Gasteiger partial charge is 0.352 e. The second-order valence-corrected chi connectivity index (χ2v) is 8.02. The van der Waals surface area contributed by atoms with Crippen molar-refractivity contribution in [1.82, 2.24) is 30.3 Å². The lowest BCUT2D eigenvalue weighted by molar-refractivity contribution is -0.128. The fourth-order valence-electron chi connectivity index (χ4n) is 4.13. The molecule has 2 aliphatic rings. The Labute approximate surface area is 177 Å².